The number of anilines is 3. The van der Waals surface area contributed by atoms with E-state index >= 15 is 0 Å². The second-order valence-corrected chi connectivity index (χ2v) is 7.98. The summed E-state index contributed by atoms with van der Waals surface area (Å²) in [5.41, 5.74) is 6.85. The standard InChI is InChI=1S/C27H20N6O/c34-27-23(15-19-10-5-13-28-19)22-12-11-21(16-24(22)30-27)29-20-9-4-8-18(14-20)26-31-25(32-33-26)17-6-2-1-3-7-17/h1-16,28-29H,(H,30,34)(H,31,32,33). The molecule has 3 heterocycles. The number of hydrogen-bond acceptors (Lipinski definition) is 4. The molecule has 0 bridgehead atoms. The minimum absolute atomic E-state index is 0.109. The van der Waals surface area contributed by atoms with Gasteiger partial charge in [-0.25, -0.2) is 4.98 Å². The number of rotatable bonds is 5. The molecular weight excluding hydrogens is 424 g/mol. The summed E-state index contributed by atoms with van der Waals surface area (Å²) < 4.78 is 0. The van der Waals surface area contributed by atoms with E-state index in [1.807, 2.05) is 97.2 Å². The van der Waals surface area contributed by atoms with Gasteiger partial charge in [-0.15, -0.1) is 0 Å². The smallest absolute Gasteiger partial charge is 0.256 e. The van der Waals surface area contributed by atoms with Crippen molar-refractivity contribution in [1.82, 2.24) is 20.2 Å². The molecule has 0 saturated carbocycles. The van der Waals surface area contributed by atoms with Gasteiger partial charge in [-0.3, -0.25) is 9.89 Å². The summed E-state index contributed by atoms with van der Waals surface area (Å²) in [6, 6.07) is 27.5. The number of hydrogen-bond donors (Lipinski definition) is 4. The average Bonchev–Trinajstić information content (AvgIpc) is 3.61. The van der Waals surface area contributed by atoms with E-state index in [1.54, 1.807) is 0 Å². The summed E-state index contributed by atoms with van der Waals surface area (Å²) in [6.45, 7) is 0. The number of nitrogens with one attached hydrogen (secondary N) is 4. The van der Waals surface area contributed by atoms with Gasteiger partial charge in [0, 0.05) is 40.0 Å². The number of H-pyrrole nitrogens is 2. The number of fused-ring (bicyclic) bond motifs is 1. The number of carbonyl (C=O) groups excluding carboxylic acids is 1. The largest absolute Gasteiger partial charge is 0.362 e. The molecule has 0 unspecified atom stereocenters. The van der Waals surface area contributed by atoms with Crippen LogP contribution in [0.4, 0.5) is 17.1 Å². The summed E-state index contributed by atoms with van der Waals surface area (Å²) in [6.07, 6.45) is 3.70. The van der Waals surface area contributed by atoms with Crippen molar-refractivity contribution in [3.63, 3.8) is 0 Å². The average molecular weight is 444 g/mol. The third kappa shape index (κ3) is 3.75. The lowest BCUT2D eigenvalue weighted by Gasteiger charge is -2.09. The third-order valence-electron chi connectivity index (χ3n) is 5.67. The van der Waals surface area contributed by atoms with Gasteiger partial charge in [0.2, 0.25) is 0 Å². The van der Waals surface area contributed by atoms with Crippen LogP contribution < -0.4 is 10.6 Å². The monoisotopic (exact) mass is 444 g/mol. The van der Waals surface area contributed by atoms with E-state index in [1.165, 1.54) is 0 Å². The fourth-order valence-corrected chi connectivity index (χ4v) is 4.02. The Bertz CT molecular complexity index is 1520. The van der Waals surface area contributed by atoms with Crippen LogP contribution in [0, 0.1) is 0 Å². The molecule has 4 N–H and O–H groups in total. The van der Waals surface area contributed by atoms with Crippen LogP contribution in [0.25, 0.3) is 34.4 Å². The maximum atomic E-state index is 12.5. The predicted molar refractivity (Wildman–Crippen MR) is 134 cm³/mol. The van der Waals surface area contributed by atoms with Gasteiger partial charge in [0.05, 0.1) is 11.3 Å². The molecule has 34 heavy (non-hydrogen) atoms. The van der Waals surface area contributed by atoms with E-state index in [0.29, 0.717) is 11.4 Å². The Morgan fingerprint density at radius 3 is 2.53 bits per heavy atom. The Balaban J connectivity index is 1.24. The van der Waals surface area contributed by atoms with Gasteiger partial charge in [-0.05, 0) is 42.5 Å². The summed E-state index contributed by atoms with van der Waals surface area (Å²) in [4.78, 5) is 20.3. The fourth-order valence-electron chi connectivity index (χ4n) is 4.02. The first-order valence-electron chi connectivity index (χ1n) is 10.9. The zero-order valence-electron chi connectivity index (χ0n) is 18.0. The summed E-state index contributed by atoms with van der Waals surface area (Å²) in [5.74, 6) is 1.25. The molecule has 164 valence electrons. The molecule has 7 nitrogen and oxygen atoms in total. The second kappa shape index (κ2) is 8.22. The molecule has 1 amide bonds. The van der Waals surface area contributed by atoms with Crippen LogP contribution in [0.5, 0.6) is 0 Å². The van der Waals surface area contributed by atoms with E-state index in [4.69, 9.17) is 0 Å². The minimum Gasteiger partial charge on any atom is -0.362 e. The Morgan fingerprint density at radius 1 is 0.824 bits per heavy atom. The highest BCUT2D eigenvalue weighted by Gasteiger charge is 2.24. The molecule has 5 aromatic rings. The quantitative estimate of drug-likeness (QED) is 0.261. The minimum atomic E-state index is -0.109. The van der Waals surface area contributed by atoms with Gasteiger partial charge >= 0.3 is 0 Å². The van der Waals surface area contributed by atoms with E-state index in [9.17, 15) is 4.79 Å². The Labute approximate surface area is 195 Å². The normalized spacial score (nSPS) is 13.6. The van der Waals surface area contributed by atoms with Crippen LogP contribution >= 0.6 is 0 Å². The zero-order chi connectivity index (χ0) is 22.9. The number of aromatic nitrogens is 4. The van der Waals surface area contributed by atoms with Gasteiger partial charge in [0.15, 0.2) is 11.6 Å². The molecule has 6 rings (SSSR count). The van der Waals surface area contributed by atoms with Crippen LogP contribution in [0.3, 0.4) is 0 Å². The van der Waals surface area contributed by atoms with Crippen molar-refractivity contribution in [2.45, 2.75) is 0 Å². The zero-order valence-corrected chi connectivity index (χ0v) is 18.0. The molecule has 0 spiro atoms. The molecule has 0 radical (unpaired) electrons. The van der Waals surface area contributed by atoms with Crippen molar-refractivity contribution in [2.24, 2.45) is 0 Å². The maximum absolute atomic E-state index is 12.5. The molecule has 0 atom stereocenters. The van der Waals surface area contributed by atoms with Crippen molar-refractivity contribution >= 4 is 34.6 Å². The third-order valence-corrected chi connectivity index (χ3v) is 5.67. The van der Waals surface area contributed by atoms with Crippen LogP contribution in [-0.2, 0) is 4.79 Å². The van der Waals surface area contributed by atoms with Crippen LogP contribution in [0.15, 0.2) is 91.1 Å². The highest BCUT2D eigenvalue weighted by Crippen LogP contribution is 2.36. The Morgan fingerprint density at radius 2 is 1.68 bits per heavy atom. The van der Waals surface area contributed by atoms with Crippen molar-refractivity contribution in [3.05, 3.63) is 102 Å². The molecule has 7 heteroatoms. The molecule has 2 aromatic heterocycles. The first kappa shape index (κ1) is 19.8. The summed E-state index contributed by atoms with van der Waals surface area (Å²) in [5, 5.41) is 13.8. The Kier molecular flexibility index (Phi) is 4.77. The summed E-state index contributed by atoms with van der Waals surface area (Å²) >= 11 is 0. The SMILES string of the molecule is O=C1Nc2cc(Nc3cccc(-c4n[nH]c(-c5ccccc5)n4)c3)ccc2C1=Cc1ccc[nH]1. The molecule has 0 saturated heterocycles. The summed E-state index contributed by atoms with van der Waals surface area (Å²) in [7, 11) is 0. The number of benzene rings is 3. The van der Waals surface area contributed by atoms with Crippen LogP contribution in [0.1, 0.15) is 11.3 Å². The van der Waals surface area contributed by atoms with Crippen LogP contribution in [-0.4, -0.2) is 26.1 Å². The molecule has 3 aromatic carbocycles. The van der Waals surface area contributed by atoms with Gasteiger partial charge < -0.3 is 15.6 Å². The number of carbonyl (C=O) groups is 1. The highest BCUT2D eigenvalue weighted by molar-refractivity contribution is 6.35. The van der Waals surface area contributed by atoms with E-state index in [2.05, 4.69) is 30.8 Å². The molecular formula is C27H20N6O. The van der Waals surface area contributed by atoms with Gasteiger partial charge in [0.25, 0.3) is 5.91 Å². The first-order chi connectivity index (χ1) is 16.7. The lowest BCUT2D eigenvalue weighted by molar-refractivity contribution is -0.110. The second-order valence-electron chi connectivity index (χ2n) is 7.98. The fraction of sp³-hybridized carbons (Fsp3) is 0. The lowest BCUT2D eigenvalue weighted by Crippen LogP contribution is -2.03. The van der Waals surface area contributed by atoms with E-state index in [-0.39, 0.29) is 5.91 Å². The number of amides is 1. The van der Waals surface area contributed by atoms with Crippen molar-refractivity contribution in [2.75, 3.05) is 10.6 Å². The van der Waals surface area contributed by atoms with Crippen LogP contribution in [0.2, 0.25) is 0 Å². The number of nitrogens with zero attached hydrogens (tertiary/aromatic N) is 2. The van der Waals surface area contributed by atoms with Crippen molar-refractivity contribution in [1.29, 1.82) is 0 Å². The topological polar surface area (TPSA) is 98.5 Å². The van der Waals surface area contributed by atoms with Crippen molar-refractivity contribution in [3.8, 4) is 22.8 Å². The van der Waals surface area contributed by atoms with E-state index in [0.717, 1.165) is 45.3 Å². The van der Waals surface area contributed by atoms with Gasteiger partial charge in [-0.2, -0.15) is 5.10 Å². The maximum Gasteiger partial charge on any atom is 0.256 e. The first-order valence-corrected chi connectivity index (χ1v) is 10.9. The Hall–Kier alpha value is -4.91. The highest BCUT2D eigenvalue weighted by atomic mass is 16.2. The van der Waals surface area contributed by atoms with Gasteiger partial charge in [0.1, 0.15) is 0 Å². The predicted octanol–water partition coefficient (Wildman–Crippen LogP) is 5.70. The molecule has 1 aliphatic rings. The van der Waals surface area contributed by atoms with E-state index < -0.39 is 0 Å². The molecule has 0 aliphatic carbocycles. The molecule has 0 fully saturated rings. The number of aromatic amines is 2. The lowest BCUT2D eigenvalue weighted by atomic mass is 10.1. The van der Waals surface area contributed by atoms with Crippen molar-refractivity contribution < 1.29 is 4.79 Å². The van der Waals surface area contributed by atoms with Gasteiger partial charge in [-0.1, -0.05) is 48.5 Å². The molecule has 1 aliphatic heterocycles.